The van der Waals surface area contributed by atoms with Crippen molar-refractivity contribution in [1.82, 2.24) is 24.8 Å². The number of pyridine rings is 1. The van der Waals surface area contributed by atoms with Crippen LogP contribution in [0.5, 0.6) is 11.5 Å². The summed E-state index contributed by atoms with van der Waals surface area (Å²) in [6.07, 6.45) is 6.41. The molecule has 52 heavy (non-hydrogen) atoms. The van der Waals surface area contributed by atoms with Crippen LogP contribution in [0.3, 0.4) is 0 Å². The number of halogens is 1. The summed E-state index contributed by atoms with van der Waals surface area (Å²) in [6.45, 7) is 9.02. The number of benzene rings is 2. The molecule has 0 bridgehead atoms. The van der Waals surface area contributed by atoms with Gasteiger partial charge in [0.2, 0.25) is 16.0 Å². The van der Waals surface area contributed by atoms with Gasteiger partial charge in [-0.25, -0.2) is 13.2 Å². The molecule has 282 valence electrons. The van der Waals surface area contributed by atoms with Crippen molar-refractivity contribution in [2.75, 3.05) is 62.0 Å². The van der Waals surface area contributed by atoms with Crippen molar-refractivity contribution < 1.29 is 22.7 Å². The second-order valence-electron chi connectivity index (χ2n) is 15.0. The number of rotatable bonds is 10. The number of carbonyl (C=O) groups is 1. The highest BCUT2D eigenvalue weighted by Crippen LogP contribution is 2.41. The second-order valence-corrected chi connectivity index (χ2v) is 16.7. The van der Waals surface area contributed by atoms with E-state index >= 15 is 0 Å². The number of amides is 2. The molecule has 2 atom stereocenters. The van der Waals surface area contributed by atoms with Crippen LogP contribution in [0.4, 0.5) is 22.1 Å². The van der Waals surface area contributed by atoms with Crippen molar-refractivity contribution in [3.63, 3.8) is 0 Å². The molecule has 4 aromatic rings. The highest BCUT2D eigenvalue weighted by Gasteiger charge is 2.31. The van der Waals surface area contributed by atoms with Crippen LogP contribution in [0.2, 0.25) is 0 Å². The van der Waals surface area contributed by atoms with E-state index in [4.69, 9.17) is 9.47 Å². The fraction of sp³-hybridized carbons (Fsp3) is 0.486. The number of nitrogens with zero attached hydrogens (tertiary/aromatic N) is 5. The van der Waals surface area contributed by atoms with Crippen LogP contribution in [0.15, 0.2) is 54.7 Å². The third-order valence-electron chi connectivity index (χ3n) is 9.60. The Morgan fingerprint density at radius 1 is 0.981 bits per heavy atom. The lowest BCUT2D eigenvalue weighted by Gasteiger charge is -2.33. The summed E-state index contributed by atoms with van der Waals surface area (Å²) in [4.78, 5) is 18.1. The number of ether oxygens (including phenoxy) is 2. The summed E-state index contributed by atoms with van der Waals surface area (Å²) in [5, 5.41) is 15.0. The third kappa shape index (κ3) is 9.02. The SMILES string of the molecule is COc1c(NC(=O)N[C@H]2CC[C@@H](Oc3ccc4nnc(N5CCC(CN(C)C)CC5)n4c3)c3ccccc32)cc(C(C)(C)C)cc1NS(C)(=O)=O.Cl. The molecule has 2 aromatic heterocycles. The first kappa shape index (κ1) is 38.9. The van der Waals surface area contributed by atoms with Crippen LogP contribution in [0.1, 0.15) is 75.3 Å². The molecule has 0 spiro atoms. The zero-order valence-corrected chi connectivity index (χ0v) is 32.6. The van der Waals surface area contributed by atoms with Gasteiger partial charge in [-0.2, -0.15) is 0 Å². The Balaban J connectivity index is 0.00000523. The van der Waals surface area contributed by atoms with Gasteiger partial charge in [-0.1, -0.05) is 45.0 Å². The number of sulfonamides is 1. The van der Waals surface area contributed by atoms with Crippen molar-refractivity contribution in [1.29, 1.82) is 0 Å². The lowest BCUT2D eigenvalue weighted by atomic mass is 9.85. The molecule has 2 aliphatic rings. The summed E-state index contributed by atoms with van der Waals surface area (Å²) in [6, 6.07) is 14.7. The lowest BCUT2D eigenvalue weighted by molar-refractivity contribution is 0.171. The van der Waals surface area contributed by atoms with Gasteiger partial charge in [0.15, 0.2) is 11.4 Å². The number of hydrogen-bond acceptors (Lipinski definition) is 9. The lowest BCUT2D eigenvalue weighted by Crippen LogP contribution is -2.38. The maximum absolute atomic E-state index is 13.5. The van der Waals surface area contributed by atoms with Crippen molar-refractivity contribution in [2.45, 2.75) is 64.0 Å². The molecule has 1 aliphatic heterocycles. The van der Waals surface area contributed by atoms with E-state index in [0.29, 0.717) is 24.4 Å². The Hall–Kier alpha value is -4.27. The fourth-order valence-corrected chi connectivity index (χ4v) is 7.68. The number of nitrogens with one attached hydrogen (secondary N) is 3. The predicted molar refractivity (Wildman–Crippen MR) is 208 cm³/mol. The van der Waals surface area contributed by atoms with E-state index < -0.39 is 16.1 Å². The molecule has 0 unspecified atom stereocenters. The standard InChI is InChI=1S/C37H50N8O5S.ClH/c1-37(2,3)25-20-30(34(49-6)31(21-25)42-51(7,47)48)39-35(46)38-29-13-14-32(28-11-9-8-10-27(28)29)50-26-12-15-33-40-41-36(45(33)23-26)44-18-16-24(17-19-44)22-43(4)5;/h8-12,15,20-21,23-24,29,32,42H,13-14,16-19,22H2,1-7H3,(H2,38,39,46);1H/t29-,32+;/m0./s1. The molecule has 2 aromatic carbocycles. The molecule has 3 heterocycles. The Morgan fingerprint density at radius 3 is 2.33 bits per heavy atom. The Kier molecular flexibility index (Phi) is 11.8. The monoisotopic (exact) mass is 754 g/mol. The second kappa shape index (κ2) is 15.8. The summed E-state index contributed by atoms with van der Waals surface area (Å²) in [5.74, 6) is 2.47. The Labute approximate surface area is 312 Å². The number of methoxy groups -OCH3 is 1. The summed E-state index contributed by atoms with van der Waals surface area (Å²) >= 11 is 0. The molecule has 2 amide bonds. The van der Waals surface area contributed by atoms with E-state index in [1.54, 1.807) is 6.07 Å². The van der Waals surface area contributed by atoms with Gasteiger partial charge in [-0.3, -0.25) is 9.12 Å². The van der Waals surface area contributed by atoms with Crippen molar-refractivity contribution in [3.05, 3.63) is 71.4 Å². The van der Waals surface area contributed by atoms with Gasteiger partial charge in [-0.15, -0.1) is 22.6 Å². The molecule has 1 fully saturated rings. The molecule has 1 saturated heterocycles. The number of carbonyl (C=O) groups excluding carboxylic acids is 1. The first-order chi connectivity index (χ1) is 24.2. The van der Waals surface area contributed by atoms with Crippen LogP contribution in [-0.2, 0) is 15.4 Å². The Morgan fingerprint density at radius 2 is 1.67 bits per heavy atom. The summed E-state index contributed by atoms with van der Waals surface area (Å²) < 4.78 is 41.1. The number of hydrogen-bond donors (Lipinski definition) is 3. The largest absolute Gasteiger partial charge is 0.492 e. The molecular formula is C37H51ClN8O5S. The van der Waals surface area contributed by atoms with Crippen molar-refractivity contribution >= 4 is 51.4 Å². The molecule has 3 N–H and O–H groups in total. The smallest absolute Gasteiger partial charge is 0.319 e. The minimum atomic E-state index is -3.60. The van der Waals surface area contributed by atoms with E-state index in [0.717, 1.165) is 72.8 Å². The fourth-order valence-electron chi connectivity index (χ4n) is 7.13. The highest BCUT2D eigenvalue weighted by molar-refractivity contribution is 7.92. The van der Waals surface area contributed by atoms with Crippen molar-refractivity contribution in [3.8, 4) is 11.5 Å². The van der Waals surface area contributed by atoms with Gasteiger partial charge < -0.3 is 29.9 Å². The molecule has 15 heteroatoms. The predicted octanol–water partition coefficient (Wildman–Crippen LogP) is 6.38. The van der Waals surface area contributed by atoms with Crippen LogP contribution in [0.25, 0.3) is 5.65 Å². The quantitative estimate of drug-likeness (QED) is 0.168. The first-order valence-corrected chi connectivity index (χ1v) is 19.4. The zero-order valence-electron chi connectivity index (χ0n) is 31.0. The zero-order chi connectivity index (χ0) is 36.5. The normalized spacial score (nSPS) is 18.0. The average Bonchev–Trinajstić information content (AvgIpc) is 3.48. The number of piperidine rings is 1. The van der Waals surface area contributed by atoms with Gasteiger partial charge in [0.1, 0.15) is 11.9 Å². The topological polar surface area (TPSA) is 142 Å². The number of anilines is 3. The van der Waals surface area contributed by atoms with Gasteiger partial charge in [0.25, 0.3) is 0 Å². The molecule has 0 saturated carbocycles. The summed E-state index contributed by atoms with van der Waals surface area (Å²) in [5.41, 5.74) is 3.88. The van der Waals surface area contributed by atoms with E-state index in [9.17, 15) is 13.2 Å². The minimum absolute atomic E-state index is 0. The maximum Gasteiger partial charge on any atom is 0.319 e. The van der Waals surface area contributed by atoms with Gasteiger partial charge in [-0.05, 0) is 92.1 Å². The van der Waals surface area contributed by atoms with Crippen molar-refractivity contribution in [2.24, 2.45) is 5.92 Å². The molecule has 6 rings (SSSR count). The minimum Gasteiger partial charge on any atom is -0.492 e. The molecule has 0 radical (unpaired) electrons. The van der Waals surface area contributed by atoms with Crippen LogP contribution in [-0.4, -0.2) is 81.0 Å². The van der Waals surface area contributed by atoms with E-state index in [1.807, 2.05) is 73.8 Å². The van der Waals surface area contributed by atoms with Gasteiger partial charge in [0, 0.05) is 19.6 Å². The average molecular weight is 755 g/mol. The van der Waals surface area contributed by atoms with Gasteiger partial charge in [0.05, 0.1) is 37.0 Å². The first-order valence-electron chi connectivity index (χ1n) is 17.5. The Bertz CT molecular complexity index is 1990. The van der Waals surface area contributed by atoms with Crippen LogP contribution >= 0.6 is 12.4 Å². The molecule has 13 nitrogen and oxygen atoms in total. The maximum atomic E-state index is 13.5. The van der Waals surface area contributed by atoms with E-state index in [-0.39, 0.29) is 41.4 Å². The number of fused-ring (bicyclic) bond motifs is 2. The number of urea groups is 1. The number of aromatic nitrogens is 3. The summed E-state index contributed by atoms with van der Waals surface area (Å²) in [7, 11) is 2.10. The third-order valence-corrected chi connectivity index (χ3v) is 10.2. The molecule has 1 aliphatic carbocycles. The van der Waals surface area contributed by atoms with E-state index in [2.05, 4.69) is 49.4 Å². The highest BCUT2D eigenvalue weighted by atomic mass is 35.5. The van der Waals surface area contributed by atoms with Crippen LogP contribution < -0.4 is 29.7 Å². The van der Waals surface area contributed by atoms with Crippen LogP contribution in [0, 0.1) is 5.92 Å². The molecular weight excluding hydrogens is 704 g/mol. The van der Waals surface area contributed by atoms with E-state index in [1.165, 1.54) is 7.11 Å². The van der Waals surface area contributed by atoms with Gasteiger partial charge >= 0.3 is 6.03 Å².